The molecule has 0 spiro atoms. The Labute approximate surface area is 120 Å². The van der Waals surface area contributed by atoms with Crippen LogP contribution in [0.5, 0.6) is 0 Å². The van der Waals surface area contributed by atoms with Crippen molar-refractivity contribution in [3.63, 3.8) is 0 Å². The first-order valence-electron chi connectivity index (χ1n) is 6.46. The highest BCUT2D eigenvalue weighted by Gasteiger charge is 2.25. The fourth-order valence-corrected chi connectivity index (χ4v) is 2.26. The quantitative estimate of drug-likeness (QED) is 0.568. The van der Waals surface area contributed by atoms with Gasteiger partial charge in [-0.15, -0.1) is 0 Å². The number of anilines is 1. The zero-order valence-corrected chi connectivity index (χ0v) is 11.4. The van der Waals surface area contributed by atoms with Gasteiger partial charge in [-0.25, -0.2) is 4.79 Å². The van der Waals surface area contributed by atoms with Gasteiger partial charge in [-0.05, 0) is 25.8 Å². The first-order valence-corrected chi connectivity index (χ1v) is 6.46. The third-order valence-electron chi connectivity index (χ3n) is 3.44. The normalized spacial score (nSPS) is 18.0. The van der Waals surface area contributed by atoms with Crippen LogP contribution < -0.4 is 10.6 Å². The first kappa shape index (κ1) is 14.8. The number of hydrogen-bond donors (Lipinski definition) is 3. The van der Waals surface area contributed by atoms with Crippen LogP contribution in [-0.4, -0.2) is 34.5 Å². The monoisotopic (exact) mass is 293 g/mol. The number of hydrogen-bond acceptors (Lipinski definition) is 5. The van der Waals surface area contributed by atoms with Crippen molar-refractivity contribution in [2.75, 3.05) is 11.9 Å². The number of nitro groups is 1. The lowest BCUT2D eigenvalue weighted by molar-refractivity contribution is -0.385. The maximum atomic E-state index is 11.7. The molecule has 1 saturated heterocycles. The molecule has 0 saturated carbocycles. The fraction of sp³-hybridized carbons (Fsp3) is 0.385. The van der Waals surface area contributed by atoms with Gasteiger partial charge in [-0.3, -0.25) is 14.9 Å². The van der Waals surface area contributed by atoms with E-state index in [-0.39, 0.29) is 17.2 Å². The van der Waals surface area contributed by atoms with Crippen molar-refractivity contribution in [1.82, 2.24) is 5.32 Å². The molecule has 1 unspecified atom stereocenters. The summed E-state index contributed by atoms with van der Waals surface area (Å²) in [5.74, 6) is -1.45. The molecular weight excluding hydrogens is 278 g/mol. The number of piperidine rings is 1. The van der Waals surface area contributed by atoms with Gasteiger partial charge in [0.2, 0.25) is 5.91 Å². The molecule has 1 aromatic carbocycles. The van der Waals surface area contributed by atoms with Gasteiger partial charge in [0, 0.05) is 23.9 Å². The third kappa shape index (κ3) is 3.10. The van der Waals surface area contributed by atoms with Crippen molar-refractivity contribution >= 4 is 23.3 Å². The molecule has 1 heterocycles. The molecule has 1 aromatic rings. The first-order chi connectivity index (χ1) is 9.90. The minimum absolute atomic E-state index is 0.189. The lowest BCUT2D eigenvalue weighted by Crippen LogP contribution is -2.44. The van der Waals surface area contributed by atoms with Crippen molar-refractivity contribution in [3.05, 3.63) is 33.4 Å². The summed E-state index contributed by atoms with van der Waals surface area (Å²) in [6.07, 6.45) is 1.39. The molecule has 1 atom stereocenters. The molecule has 1 fully saturated rings. The average molecular weight is 293 g/mol. The summed E-state index contributed by atoms with van der Waals surface area (Å²) < 4.78 is 0. The van der Waals surface area contributed by atoms with Gasteiger partial charge in [0.1, 0.15) is 6.04 Å². The number of carboxylic acids is 1. The van der Waals surface area contributed by atoms with E-state index in [9.17, 15) is 19.7 Å². The van der Waals surface area contributed by atoms with E-state index in [1.165, 1.54) is 13.0 Å². The molecular formula is C13H15N3O5. The third-order valence-corrected chi connectivity index (χ3v) is 3.44. The minimum atomic E-state index is -1.26. The van der Waals surface area contributed by atoms with Crippen molar-refractivity contribution in [2.24, 2.45) is 0 Å². The van der Waals surface area contributed by atoms with Crippen molar-refractivity contribution in [2.45, 2.75) is 25.8 Å². The van der Waals surface area contributed by atoms with Gasteiger partial charge >= 0.3 is 5.97 Å². The van der Waals surface area contributed by atoms with Crippen LogP contribution in [0.2, 0.25) is 0 Å². The second-order valence-electron chi connectivity index (χ2n) is 4.86. The van der Waals surface area contributed by atoms with Crippen LogP contribution in [0.1, 0.15) is 28.8 Å². The van der Waals surface area contributed by atoms with Crippen LogP contribution in [0, 0.1) is 17.0 Å². The number of benzene rings is 1. The Kier molecular flexibility index (Phi) is 4.06. The summed E-state index contributed by atoms with van der Waals surface area (Å²) in [4.78, 5) is 33.2. The Hall–Kier alpha value is -2.64. The summed E-state index contributed by atoms with van der Waals surface area (Å²) in [7, 11) is 0. The van der Waals surface area contributed by atoms with E-state index in [2.05, 4.69) is 10.6 Å². The smallest absolute Gasteiger partial charge is 0.336 e. The highest BCUT2D eigenvalue weighted by molar-refractivity contribution is 5.91. The second-order valence-corrected chi connectivity index (χ2v) is 4.86. The molecule has 1 amide bonds. The number of carbonyl (C=O) groups is 2. The number of nitro benzene ring substituents is 1. The van der Waals surface area contributed by atoms with Crippen molar-refractivity contribution in [1.29, 1.82) is 0 Å². The number of carboxylic acid groups (broad SMARTS) is 1. The summed E-state index contributed by atoms with van der Waals surface area (Å²) in [6.45, 7) is 2.12. The molecule has 2 rings (SSSR count). The molecule has 0 aromatic heterocycles. The van der Waals surface area contributed by atoms with E-state index >= 15 is 0 Å². The Morgan fingerprint density at radius 3 is 2.81 bits per heavy atom. The number of rotatable bonds is 4. The minimum Gasteiger partial charge on any atom is -0.478 e. The van der Waals surface area contributed by atoms with Crippen molar-refractivity contribution < 1.29 is 19.6 Å². The molecule has 0 bridgehead atoms. The molecule has 8 heteroatoms. The van der Waals surface area contributed by atoms with Gasteiger partial charge in [-0.2, -0.15) is 0 Å². The zero-order valence-electron chi connectivity index (χ0n) is 11.4. The molecule has 112 valence electrons. The lowest BCUT2D eigenvalue weighted by atomic mass is 10.0. The summed E-state index contributed by atoms with van der Waals surface area (Å²) in [5.41, 5.74) is 0.131. The summed E-state index contributed by atoms with van der Waals surface area (Å²) in [5, 5.41) is 25.7. The zero-order chi connectivity index (χ0) is 15.6. The van der Waals surface area contributed by atoms with Gasteiger partial charge in [0.25, 0.3) is 5.69 Å². The largest absolute Gasteiger partial charge is 0.478 e. The van der Waals surface area contributed by atoms with E-state index in [1.54, 1.807) is 0 Å². The van der Waals surface area contributed by atoms with Gasteiger partial charge in [0.05, 0.1) is 10.5 Å². The number of aromatic carboxylic acids is 1. The number of nitrogens with one attached hydrogen (secondary N) is 2. The predicted octanol–water partition coefficient (Wildman–Crippen LogP) is 1.29. The van der Waals surface area contributed by atoms with Crippen molar-refractivity contribution in [3.8, 4) is 0 Å². The number of carbonyl (C=O) groups excluding carboxylic acids is 1. The molecule has 0 radical (unpaired) electrons. The highest BCUT2D eigenvalue weighted by atomic mass is 16.6. The van der Waals surface area contributed by atoms with E-state index in [1.807, 2.05) is 0 Å². The Morgan fingerprint density at radius 1 is 1.52 bits per heavy atom. The molecule has 21 heavy (non-hydrogen) atoms. The maximum Gasteiger partial charge on any atom is 0.336 e. The van der Waals surface area contributed by atoms with Crippen LogP contribution >= 0.6 is 0 Å². The maximum absolute atomic E-state index is 11.7. The van der Waals surface area contributed by atoms with Gasteiger partial charge in [0.15, 0.2) is 0 Å². The number of nitrogens with zero attached hydrogens (tertiary/aromatic N) is 1. The van der Waals surface area contributed by atoms with Crippen LogP contribution in [0.15, 0.2) is 12.1 Å². The molecule has 1 aliphatic rings. The predicted molar refractivity (Wildman–Crippen MR) is 74.4 cm³/mol. The van der Waals surface area contributed by atoms with Crippen LogP contribution in [0.3, 0.4) is 0 Å². The van der Waals surface area contributed by atoms with Crippen LogP contribution in [0.25, 0.3) is 0 Å². The molecule has 1 aliphatic heterocycles. The summed E-state index contributed by atoms with van der Waals surface area (Å²) >= 11 is 0. The molecule has 3 N–H and O–H groups in total. The highest BCUT2D eigenvalue weighted by Crippen LogP contribution is 2.29. The Morgan fingerprint density at radius 2 is 2.24 bits per heavy atom. The van der Waals surface area contributed by atoms with Crippen LogP contribution in [-0.2, 0) is 4.79 Å². The van der Waals surface area contributed by atoms with Gasteiger partial charge < -0.3 is 15.7 Å². The molecule has 8 nitrogen and oxygen atoms in total. The topological polar surface area (TPSA) is 122 Å². The standard InChI is InChI=1S/C13H15N3O5/c1-7-10(15-9-3-2-4-14-12(9)17)5-8(13(18)19)6-11(7)16(20)21/h5-6,9,15H,2-4H2,1H3,(H,14,17)(H,18,19). The van der Waals surface area contributed by atoms with E-state index in [4.69, 9.17) is 5.11 Å². The van der Waals surface area contributed by atoms with E-state index in [0.29, 0.717) is 24.2 Å². The SMILES string of the molecule is Cc1c(NC2CCCNC2=O)cc(C(=O)O)cc1[N+](=O)[O-]. The Balaban J connectivity index is 2.39. The van der Waals surface area contributed by atoms with Gasteiger partial charge in [-0.1, -0.05) is 0 Å². The molecule has 0 aliphatic carbocycles. The fourth-order valence-electron chi connectivity index (χ4n) is 2.26. The van der Waals surface area contributed by atoms with E-state index in [0.717, 1.165) is 12.5 Å². The van der Waals surface area contributed by atoms with E-state index < -0.39 is 16.9 Å². The lowest BCUT2D eigenvalue weighted by Gasteiger charge is -2.24. The second kappa shape index (κ2) is 5.78. The van der Waals surface area contributed by atoms with Crippen LogP contribution in [0.4, 0.5) is 11.4 Å². The number of amides is 1. The average Bonchev–Trinajstić information content (AvgIpc) is 2.42. The Bertz CT molecular complexity index is 614. The summed E-state index contributed by atoms with van der Waals surface area (Å²) in [6, 6.07) is 1.82.